The number of hydrogen-bond acceptors (Lipinski definition) is 6. The van der Waals surface area contributed by atoms with E-state index < -0.39 is 10.0 Å². The lowest BCUT2D eigenvalue weighted by Crippen LogP contribution is -2.43. The van der Waals surface area contributed by atoms with Gasteiger partial charge >= 0.3 is 6.01 Å². The maximum absolute atomic E-state index is 12.9. The lowest BCUT2D eigenvalue weighted by Gasteiger charge is -2.31. The number of sulfonamides is 1. The van der Waals surface area contributed by atoms with Crippen molar-refractivity contribution in [2.75, 3.05) is 32.1 Å². The number of amides is 1. The van der Waals surface area contributed by atoms with Crippen LogP contribution in [0.4, 0.5) is 6.01 Å². The number of nitrogens with zero attached hydrogens (tertiary/aromatic N) is 3. The summed E-state index contributed by atoms with van der Waals surface area (Å²) < 4.78 is 37.9. The van der Waals surface area contributed by atoms with Gasteiger partial charge in [-0.3, -0.25) is 9.69 Å². The fourth-order valence-electron chi connectivity index (χ4n) is 3.61. The van der Waals surface area contributed by atoms with Gasteiger partial charge in [0.15, 0.2) is 5.58 Å². The number of aromatic nitrogens is 1. The molecule has 0 radical (unpaired) electrons. The smallest absolute Gasteiger partial charge is 0.304 e. The fraction of sp³-hybridized carbons (Fsp3) is 0.333. The third kappa shape index (κ3) is 3.78. The Labute approximate surface area is 175 Å². The first-order valence-electron chi connectivity index (χ1n) is 9.67. The predicted molar refractivity (Wildman–Crippen MR) is 112 cm³/mol. The molecule has 0 atom stereocenters. The van der Waals surface area contributed by atoms with Crippen LogP contribution in [0.1, 0.15) is 12.8 Å². The van der Waals surface area contributed by atoms with Crippen molar-refractivity contribution in [3.63, 3.8) is 0 Å². The fourth-order valence-corrected chi connectivity index (χ4v) is 5.08. The molecule has 0 unspecified atom stereocenters. The summed E-state index contributed by atoms with van der Waals surface area (Å²) >= 11 is 0. The van der Waals surface area contributed by atoms with Crippen LogP contribution < -0.4 is 9.64 Å². The third-order valence-corrected chi connectivity index (χ3v) is 7.31. The van der Waals surface area contributed by atoms with Crippen LogP contribution >= 0.6 is 0 Å². The number of anilines is 1. The van der Waals surface area contributed by atoms with Crippen molar-refractivity contribution < 1.29 is 22.4 Å². The van der Waals surface area contributed by atoms with Crippen LogP contribution in [-0.4, -0.2) is 50.9 Å². The maximum Gasteiger partial charge on any atom is 0.304 e. The summed E-state index contributed by atoms with van der Waals surface area (Å²) in [6.07, 6.45) is 0.886. The predicted octanol–water partition coefficient (Wildman–Crippen LogP) is 2.90. The molecule has 2 heterocycles. The SMILES string of the molecule is COc1ccc(S(=O)(=O)N2CCC(C(=O)N(C)c3nc4ccccc4o3)CC2)cc1. The van der Waals surface area contributed by atoms with E-state index in [4.69, 9.17) is 9.15 Å². The molecule has 1 fully saturated rings. The first-order chi connectivity index (χ1) is 14.4. The van der Waals surface area contributed by atoms with Crippen LogP contribution in [0.15, 0.2) is 57.8 Å². The highest BCUT2D eigenvalue weighted by atomic mass is 32.2. The number of methoxy groups -OCH3 is 1. The Morgan fingerprint density at radius 1 is 1.13 bits per heavy atom. The van der Waals surface area contributed by atoms with Gasteiger partial charge in [0.1, 0.15) is 11.3 Å². The summed E-state index contributed by atoms with van der Waals surface area (Å²) in [5.41, 5.74) is 1.31. The van der Waals surface area contributed by atoms with E-state index in [0.717, 1.165) is 0 Å². The van der Waals surface area contributed by atoms with Crippen molar-refractivity contribution in [2.45, 2.75) is 17.7 Å². The van der Waals surface area contributed by atoms with Gasteiger partial charge < -0.3 is 9.15 Å². The summed E-state index contributed by atoms with van der Waals surface area (Å²) in [5.74, 6) is 0.191. The Balaban J connectivity index is 1.42. The number of hydrogen-bond donors (Lipinski definition) is 0. The second-order valence-corrected chi connectivity index (χ2v) is 9.15. The lowest BCUT2D eigenvalue weighted by atomic mass is 9.97. The zero-order valence-corrected chi connectivity index (χ0v) is 17.6. The normalized spacial score (nSPS) is 15.9. The summed E-state index contributed by atoms with van der Waals surface area (Å²) in [6, 6.07) is 13.9. The molecular weight excluding hydrogens is 406 g/mol. The van der Waals surface area contributed by atoms with Gasteiger partial charge in [0.25, 0.3) is 0 Å². The second-order valence-electron chi connectivity index (χ2n) is 7.22. The molecule has 1 saturated heterocycles. The Morgan fingerprint density at radius 3 is 2.43 bits per heavy atom. The Bertz CT molecular complexity index is 1120. The van der Waals surface area contributed by atoms with E-state index in [1.807, 2.05) is 18.2 Å². The minimum absolute atomic E-state index is 0.122. The second kappa shape index (κ2) is 8.08. The molecule has 0 aliphatic carbocycles. The molecule has 0 saturated carbocycles. The molecule has 0 spiro atoms. The van der Waals surface area contributed by atoms with Crippen LogP contribution in [0.5, 0.6) is 5.75 Å². The van der Waals surface area contributed by atoms with Crippen molar-refractivity contribution >= 4 is 33.0 Å². The molecule has 0 bridgehead atoms. The van der Waals surface area contributed by atoms with Crippen molar-refractivity contribution in [3.8, 4) is 5.75 Å². The number of rotatable bonds is 5. The summed E-state index contributed by atoms with van der Waals surface area (Å²) in [4.78, 5) is 18.9. The lowest BCUT2D eigenvalue weighted by molar-refractivity contribution is -0.123. The molecule has 8 nitrogen and oxygen atoms in total. The highest BCUT2D eigenvalue weighted by Gasteiger charge is 2.34. The molecule has 158 valence electrons. The zero-order chi connectivity index (χ0) is 21.3. The number of para-hydroxylation sites is 2. The van der Waals surface area contributed by atoms with E-state index in [1.54, 1.807) is 25.2 Å². The standard InChI is InChI=1S/C21H23N3O5S/c1-23(21-22-18-5-3-4-6-19(18)29-21)20(25)15-11-13-24(14-12-15)30(26,27)17-9-7-16(28-2)8-10-17/h3-10,15H,11-14H2,1-2H3. The van der Waals surface area contributed by atoms with E-state index in [2.05, 4.69) is 4.98 Å². The average molecular weight is 429 g/mol. The minimum Gasteiger partial charge on any atom is -0.497 e. The molecule has 2 aromatic carbocycles. The minimum atomic E-state index is -3.60. The van der Waals surface area contributed by atoms with Gasteiger partial charge in [0.2, 0.25) is 15.9 Å². The number of oxazole rings is 1. The van der Waals surface area contributed by atoms with Crippen molar-refractivity contribution in [1.82, 2.24) is 9.29 Å². The largest absolute Gasteiger partial charge is 0.497 e. The quantitative estimate of drug-likeness (QED) is 0.619. The van der Waals surface area contributed by atoms with Crippen LogP contribution in [0.3, 0.4) is 0 Å². The molecule has 3 aromatic rings. The molecule has 1 aliphatic rings. The molecular formula is C21H23N3O5S. The van der Waals surface area contributed by atoms with Gasteiger partial charge in [-0.2, -0.15) is 9.29 Å². The van der Waals surface area contributed by atoms with Crippen LogP contribution in [0, 0.1) is 5.92 Å². The molecule has 9 heteroatoms. The first-order valence-corrected chi connectivity index (χ1v) is 11.1. The molecule has 1 amide bonds. The number of fused-ring (bicyclic) bond motifs is 1. The number of carbonyl (C=O) groups excluding carboxylic acids is 1. The van der Waals surface area contributed by atoms with E-state index >= 15 is 0 Å². The summed E-state index contributed by atoms with van der Waals surface area (Å²) in [6.45, 7) is 0.568. The van der Waals surface area contributed by atoms with Crippen LogP contribution in [0.25, 0.3) is 11.1 Å². The number of carbonyl (C=O) groups is 1. The zero-order valence-electron chi connectivity index (χ0n) is 16.8. The number of ether oxygens (including phenoxy) is 1. The molecule has 1 aromatic heterocycles. The highest BCUT2D eigenvalue weighted by molar-refractivity contribution is 7.89. The third-order valence-electron chi connectivity index (χ3n) is 5.40. The van der Waals surface area contributed by atoms with Gasteiger partial charge in [0, 0.05) is 26.1 Å². The summed E-state index contributed by atoms with van der Waals surface area (Å²) in [7, 11) is -0.440. The van der Waals surface area contributed by atoms with Crippen molar-refractivity contribution in [3.05, 3.63) is 48.5 Å². The highest BCUT2D eigenvalue weighted by Crippen LogP contribution is 2.28. The van der Waals surface area contributed by atoms with Gasteiger partial charge in [0.05, 0.1) is 12.0 Å². The number of piperidine rings is 1. The Hall–Kier alpha value is -2.91. The van der Waals surface area contributed by atoms with Crippen molar-refractivity contribution in [2.24, 2.45) is 5.92 Å². The Kier molecular flexibility index (Phi) is 5.48. The molecule has 4 rings (SSSR count). The van der Waals surface area contributed by atoms with Gasteiger partial charge in [-0.05, 0) is 49.2 Å². The van der Waals surface area contributed by atoms with Crippen molar-refractivity contribution in [1.29, 1.82) is 0 Å². The van der Waals surface area contributed by atoms with E-state index in [0.29, 0.717) is 29.7 Å². The number of benzene rings is 2. The molecule has 0 N–H and O–H groups in total. The Morgan fingerprint density at radius 2 is 1.80 bits per heavy atom. The monoisotopic (exact) mass is 429 g/mol. The average Bonchev–Trinajstić information content (AvgIpc) is 3.22. The molecule has 1 aliphatic heterocycles. The van der Waals surface area contributed by atoms with Crippen LogP contribution in [0.2, 0.25) is 0 Å². The first kappa shape index (κ1) is 20.4. The van der Waals surface area contributed by atoms with E-state index in [1.165, 1.54) is 28.4 Å². The van der Waals surface area contributed by atoms with Gasteiger partial charge in [-0.15, -0.1) is 0 Å². The van der Waals surface area contributed by atoms with Gasteiger partial charge in [-0.1, -0.05) is 12.1 Å². The topological polar surface area (TPSA) is 93.0 Å². The van der Waals surface area contributed by atoms with Crippen LogP contribution in [-0.2, 0) is 14.8 Å². The van der Waals surface area contributed by atoms with E-state index in [-0.39, 0.29) is 35.8 Å². The summed E-state index contributed by atoms with van der Waals surface area (Å²) in [5, 5.41) is 0. The maximum atomic E-state index is 12.9. The van der Waals surface area contributed by atoms with E-state index in [9.17, 15) is 13.2 Å². The van der Waals surface area contributed by atoms with Gasteiger partial charge in [-0.25, -0.2) is 8.42 Å². The molecule has 30 heavy (non-hydrogen) atoms.